The first-order valence-corrected chi connectivity index (χ1v) is 11.3. The minimum Gasteiger partial charge on any atom is -0.489 e. The first-order chi connectivity index (χ1) is 14.7. The van der Waals surface area contributed by atoms with E-state index < -0.39 is 17.7 Å². The van der Waals surface area contributed by atoms with E-state index in [0.29, 0.717) is 22.7 Å². The lowest BCUT2D eigenvalue weighted by atomic mass is 10.1. The van der Waals surface area contributed by atoms with Gasteiger partial charge in [-0.05, 0) is 42.8 Å². The molecule has 1 N–H and O–H groups in total. The molecule has 4 rings (SSSR count). The van der Waals surface area contributed by atoms with Crippen molar-refractivity contribution >= 4 is 29.1 Å². The fourth-order valence-corrected chi connectivity index (χ4v) is 5.50. The van der Waals surface area contributed by atoms with Crippen molar-refractivity contribution in [2.75, 3.05) is 0 Å². The minimum absolute atomic E-state index is 0.0239. The summed E-state index contributed by atoms with van der Waals surface area (Å²) in [5.41, 5.74) is 1.85. The number of carboxylic acid groups (broad SMARTS) is 1. The van der Waals surface area contributed by atoms with Gasteiger partial charge < -0.3 is 9.84 Å². The number of alkyl halides is 3. The van der Waals surface area contributed by atoms with E-state index >= 15 is 0 Å². The van der Waals surface area contributed by atoms with Crippen molar-refractivity contribution in [1.82, 2.24) is 4.98 Å². The Morgan fingerprint density at radius 1 is 1.26 bits per heavy atom. The third-order valence-electron chi connectivity index (χ3n) is 4.90. The molecule has 0 aliphatic carbocycles. The van der Waals surface area contributed by atoms with E-state index in [4.69, 9.17) is 9.84 Å². The molecular weight excluding hydrogens is 447 g/mol. The minimum atomic E-state index is -4.35. The molecule has 0 bridgehead atoms. The number of fused-ring (bicyclic) bond motifs is 1. The molecule has 2 heterocycles. The molecule has 0 saturated carbocycles. The first kappa shape index (κ1) is 21.7. The zero-order chi connectivity index (χ0) is 22.2. The standard InChI is InChI=1S/C22H18F3NO3S2/c1-12-19(31-21(26-12)13-2-4-15(5-3-13)22(23,24)25)11-30-17-6-7-18-14(9-17)8-16(29-18)10-20(27)28/h2-7,9,16H,8,10-11H2,1H3,(H,27,28)/t16-/m1/s1. The van der Waals surface area contributed by atoms with Crippen molar-refractivity contribution in [3.8, 4) is 16.3 Å². The Kier molecular flexibility index (Phi) is 5.98. The first-order valence-electron chi connectivity index (χ1n) is 9.47. The summed E-state index contributed by atoms with van der Waals surface area (Å²) in [4.78, 5) is 17.5. The number of thiazole rings is 1. The van der Waals surface area contributed by atoms with Crippen molar-refractivity contribution in [1.29, 1.82) is 0 Å². The van der Waals surface area contributed by atoms with Crippen LogP contribution in [0.4, 0.5) is 13.2 Å². The number of aliphatic carboxylic acids is 1. The maximum atomic E-state index is 12.8. The highest BCUT2D eigenvalue weighted by atomic mass is 32.2. The summed E-state index contributed by atoms with van der Waals surface area (Å²) in [5.74, 6) is 0.536. The Balaban J connectivity index is 1.43. The fourth-order valence-electron chi connectivity index (χ4n) is 3.33. The number of aromatic nitrogens is 1. The fraction of sp³-hybridized carbons (Fsp3) is 0.273. The number of hydrogen-bond acceptors (Lipinski definition) is 5. The second-order valence-corrected chi connectivity index (χ2v) is 9.34. The largest absolute Gasteiger partial charge is 0.489 e. The van der Waals surface area contributed by atoms with Gasteiger partial charge in [-0.15, -0.1) is 23.1 Å². The number of benzene rings is 2. The number of carbonyl (C=O) groups is 1. The van der Waals surface area contributed by atoms with Gasteiger partial charge in [0.2, 0.25) is 0 Å². The van der Waals surface area contributed by atoms with E-state index in [1.165, 1.54) is 23.5 Å². The van der Waals surface area contributed by atoms with Crippen molar-refractivity contribution < 1.29 is 27.8 Å². The Morgan fingerprint density at radius 2 is 2.00 bits per heavy atom. The SMILES string of the molecule is Cc1nc(-c2ccc(C(F)(F)F)cc2)sc1CSc1ccc2c(c1)C[C@H](CC(=O)O)O2. The predicted molar refractivity (Wildman–Crippen MR) is 114 cm³/mol. The van der Waals surface area contributed by atoms with Crippen LogP contribution in [0.25, 0.3) is 10.6 Å². The summed E-state index contributed by atoms with van der Waals surface area (Å²) in [6.07, 6.45) is -4.13. The summed E-state index contributed by atoms with van der Waals surface area (Å²) in [5, 5.41) is 9.63. The molecule has 1 aromatic heterocycles. The topological polar surface area (TPSA) is 59.4 Å². The van der Waals surface area contributed by atoms with Gasteiger partial charge >= 0.3 is 12.1 Å². The van der Waals surface area contributed by atoms with Crippen LogP contribution in [0, 0.1) is 6.92 Å². The molecular formula is C22H18F3NO3S2. The quantitative estimate of drug-likeness (QED) is 0.439. The average Bonchev–Trinajstić information content (AvgIpc) is 3.27. The molecule has 1 aliphatic rings. The number of carboxylic acids is 1. The van der Waals surface area contributed by atoms with Crippen molar-refractivity contribution in [2.24, 2.45) is 0 Å². The van der Waals surface area contributed by atoms with Gasteiger partial charge in [-0.1, -0.05) is 12.1 Å². The van der Waals surface area contributed by atoms with Crippen molar-refractivity contribution in [3.63, 3.8) is 0 Å². The van der Waals surface area contributed by atoms with Gasteiger partial charge in [0.1, 0.15) is 16.9 Å². The molecule has 0 fully saturated rings. The van der Waals surface area contributed by atoms with Crippen molar-refractivity contribution in [2.45, 2.75) is 42.7 Å². The van der Waals surface area contributed by atoms with E-state index in [2.05, 4.69) is 4.98 Å². The Morgan fingerprint density at radius 3 is 2.68 bits per heavy atom. The van der Waals surface area contributed by atoms with Gasteiger partial charge in [0.25, 0.3) is 0 Å². The number of nitrogens with zero attached hydrogens (tertiary/aromatic N) is 1. The Hall–Kier alpha value is -2.52. The number of thioether (sulfide) groups is 1. The average molecular weight is 466 g/mol. The lowest BCUT2D eigenvalue weighted by Gasteiger charge is -2.06. The molecule has 0 saturated heterocycles. The molecule has 0 spiro atoms. The molecule has 0 amide bonds. The van der Waals surface area contributed by atoms with Gasteiger partial charge in [0.15, 0.2) is 0 Å². The molecule has 31 heavy (non-hydrogen) atoms. The van der Waals surface area contributed by atoms with Crippen molar-refractivity contribution in [3.05, 3.63) is 64.2 Å². The second kappa shape index (κ2) is 8.55. The molecule has 1 aliphatic heterocycles. The zero-order valence-electron chi connectivity index (χ0n) is 16.4. The van der Waals surface area contributed by atoms with Gasteiger partial charge in [0.05, 0.1) is 17.7 Å². The van der Waals surface area contributed by atoms with Gasteiger partial charge in [-0.2, -0.15) is 13.2 Å². The van der Waals surface area contributed by atoms with Crippen LogP contribution in [0.1, 0.15) is 28.1 Å². The van der Waals surface area contributed by atoms with Crippen LogP contribution in [0.3, 0.4) is 0 Å². The molecule has 0 radical (unpaired) electrons. The van der Waals surface area contributed by atoms with E-state index in [0.717, 1.165) is 38.9 Å². The molecule has 9 heteroatoms. The van der Waals surface area contributed by atoms with Gasteiger partial charge in [-0.3, -0.25) is 4.79 Å². The number of rotatable bonds is 6. The molecule has 4 nitrogen and oxygen atoms in total. The highest BCUT2D eigenvalue weighted by molar-refractivity contribution is 7.98. The third kappa shape index (κ3) is 5.04. The number of aryl methyl sites for hydroxylation is 1. The normalized spacial score (nSPS) is 15.5. The zero-order valence-corrected chi connectivity index (χ0v) is 18.0. The van der Waals surface area contributed by atoms with Crippen LogP contribution in [-0.2, 0) is 23.1 Å². The second-order valence-electron chi connectivity index (χ2n) is 7.20. The van der Waals surface area contributed by atoms with Gasteiger partial charge in [-0.25, -0.2) is 4.98 Å². The maximum Gasteiger partial charge on any atom is 0.416 e. The Labute approximate surface area is 185 Å². The summed E-state index contributed by atoms with van der Waals surface area (Å²) in [7, 11) is 0. The monoisotopic (exact) mass is 465 g/mol. The lowest BCUT2D eigenvalue weighted by molar-refractivity contribution is -0.139. The van der Waals surface area contributed by atoms with E-state index in [1.807, 2.05) is 25.1 Å². The van der Waals surface area contributed by atoms with Crippen LogP contribution in [-0.4, -0.2) is 22.2 Å². The van der Waals surface area contributed by atoms with Crippen LogP contribution in [0.5, 0.6) is 5.75 Å². The maximum absolute atomic E-state index is 12.8. The highest BCUT2D eigenvalue weighted by Gasteiger charge is 2.30. The summed E-state index contributed by atoms with van der Waals surface area (Å²) < 4.78 is 44.0. The Bertz CT molecular complexity index is 1110. The summed E-state index contributed by atoms with van der Waals surface area (Å²) >= 11 is 3.11. The molecule has 3 aromatic rings. The van der Waals surface area contributed by atoms with Crippen LogP contribution >= 0.6 is 23.1 Å². The van der Waals surface area contributed by atoms with Crippen LogP contribution in [0.15, 0.2) is 47.4 Å². The molecule has 2 aromatic carbocycles. The summed E-state index contributed by atoms with van der Waals surface area (Å²) in [6, 6.07) is 10.9. The smallest absolute Gasteiger partial charge is 0.416 e. The third-order valence-corrected chi connectivity index (χ3v) is 7.31. The molecule has 1 atom stereocenters. The van der Waals surface area contributed by atoms with E-state index in [9.17, 15) is 18.0 Å². The summed E-state index contributed by atoms with van der Waals surface area (Å²) in [6.45, 7) is 1.90. The lowest BCUT2D eigenvalue weighted by Crippen LogP contribution is -2.17. The van der Waals surface area contributed by atoms with E-state index in [-0.39, 0.29) is 12.5 Å². The predicted octanol–water partition coefficient (Wildman–Crippen LogP) is 6.21. The number of ether oxygens (including phenoxy) is 1. The van der Waals surface area contributed by atoms with E-state index in [1.54, 1.807) is 11.8 Å². The molecule has 162 valence electrons. The van der Waals surface area contributed by atoms with Crippen LogP contribution < -0.4 is 4.74 Å². The number of hydrogen-bond donors (Lipinski definition) is 1. The number of halogens is 3. The van der Waals surface area contributed by atoms with Crippen LogP contribution in [0.2, 0.25) is 0 Å². The molecule has 0 unspecified atom stereocenters. The van der Waals surface area contributed by atoms with Gasteiger partial charge in [0, 0.05) is 27.5 Å². The highest BCUT2D eigenvalue weighted by Crippen LogP contribution is 2.37.